The minimum Gasteiger partial charge on any atom is -0.457 e. The Morgan fingerprint density at radius 2 is 0.915 bits per heavy atom. The number of hydrogen-bond acceptors (Lipinski definition) is 1. The Balaban J connectivity index is 1.29. The first-order chi connectivity index (χ1) is 23.1. The van der Waals surface area contributed by atoms with E-state index in [1.165, 1.54) is 66.8 Å². The molecule has 0 saturated carbocycles. The lowest BCUT2D eigenvalue weighted by Gasteiger charge is -2.35. The lowest BCUT2D eigenvalue weighted by atomic mass is 9.67. The maximum atomic E-state index is 6.43. The van der Waals surface area contributed by atoms with Crippen LogP contribution in [0.2, 0.25) is 0 Å². The molecule has 0 saturated heterocycles. The maximum Gasteiger partial charge on any atom is 0.131 e. The fourth-order valence-corrected chi connectivity index (χ4v) is 8.30. The summed E-state index contributed by atoms with van der Waals surface area (Å²) < 4.78 is 6.43. The SMILES string of the molecule is CC1(C)c2ccccc2Oc2ccc(-c3ccccc3-c3cccc4c3-c3ccccc3C4(c3ccccc3)c3ccccc3)cc21. The van der Waals surface area contributed by atoms with E-state index in [1.807, 2.05) is 6.07 Å². The van der Waals surface area contributed by atoms with Crippen molar-refractivity contribution in [3.63, 3.8) is 0 Å². The number of para-hydroxylation sites is 1. The summed E-state index contributed by atoms with van der Waals surface area (Å²) in [4.78, 5) is 0. The molecule has 224 valence electrons. The quantitative estimate of drug-likeness (QED) is 0.195. The van der Waals surface area contributed by atoms with E-state index in [1.54, 1.807) is 0 Å². The van der Waals surface area contributed by atoms with E-state index in [-0.39, 0.29) is 5.41 Å². The standard InChI is InChI=1S/C46H34O/c1-45(2)39-25-13-14-27-42(39)47-43-29-28-31(30-41(43)45)34-20-9-10-21-35(34)36-23-15-26-40-44(36)37-22-11-12-24-38(37)46(40,32-16-5-3-6-17-32)33-18-7-4-8-19-33/h3-30H,1-2H3. The zero-order valence-electron chi connectivity index (χ0n) is 26.6. The van der Waals surface area contributed by atoms with Gasteiger partial charge in [-0.2, -0.15) is 0 Å². The number of rotatable bonds is 4. The second-order valence-electron chi connectivity index (χ2n) is 13.2. The number of hydrogen-bond donors (Lipinski definition) is 0. The van der Waals surface area contributed by atoms with E-state index in [0.717, 1.165) is 11.5 Å². The molecule has 7 aromatic carbocycles. The number of fused-ring (bicyclic) bond motifs is 5. The van der Waals surface area contributed by atoms with Crippen molar-refractivity contribution in [2.45, 2.75) is 24.7 Å². The monoisotopic (exact) mass is 602 g/mol. The predicted molar refractivity (Wildman–Crippen MR) is 193 cm³/mol. The van der Waals surface area contributed by atoms with Crippen LogP contribution in [0.3, 0.4) is 0 Å². The van der Waals surface area contributed by atoms with Gasteiger partial charge >= 0.3 is 0 Å². The molecule has 0 atom stereocenters. The van der Waals surface area contributed by atoms with E-state index >= 15 is 0 Å². The summed E-state index contributed by atoms with van der Waals surface area (Å²) in [6.45, 7) is 4.60. The van der Waals surface area contributed by atoms with Crippen LogP contribution in [0, 0.1) is 0 Å². The van der Waals surface area contributed by atoms with Crippen molar-refractivity contribution in [1.82, 2.24) is 0 Å². The Morgan fingerprint density at radius 1 is 0.383 bits per heavy atom. The van der Waals surface area contributed by atoms with Gasteiger partial charge in [-0.15, -0.1) is 0 Å². The normalized spacial score (nSPS) is 14.7. The van der Waals surface area contributed by atoms with Gasteiger partial charge in [-0.25, -0.2) is 0 Å². The van der Waals surface area contributed by atoms with Crippen molar-refractivity contribution in [3.05, 3.63) is 203 Å². The third kappa shape index (κ3) is 3.96. The summed E-state index contributed by atoms with van der Waals surface area (Å²) in [7, 11) is 0. The van der Waals surface area contributed by atoms with Crippen molar-refractivity contribution < 1.29 is 4.74 Å². The van der Waals surface area contributed by atoms with Crippen molar-refractivity contribution in [3.8, 4) is 44.9 Å². The molecule has 1 heteroatoms. The Kier molecular flexibility index (Phi) is 6.14. The first-order valence-electron chi connectivity index (χ1n) is 16.4. The highest BCUT2D eigenvalue weighted by Crippen LogP contribution is 2.59. The van der Waals surface area contributed by atoms with Gasteiger partial charge in [-0.05, 0) is 73.8 Å². The number of ether oxygens (including phenoxy) is 1. The van der Waals surface area contributed by atoms with Crippen LogP contribution < -0.4 is 4.74 Å². The minimum absolute atomic E-state index is 0.187. The molecule has 0 fully saturated rings. The fourth-order valence-electron chi connectivity index (χ4n) is 8.30. The average Bonchev–Trinajstić information content (AvgIpc) is 3.44. The second kappa shape index (κ2) is 10.4. The largest absolute Gasteiger partial charge is 0.457 e. The van der Waals surface area contributed by atoms with Crippen LogP contribution in [-0.4, -0.2) is 0 Å². The van der Waals surface area contributed by atoms with Crippen molar-refractivity contribution >= 4 is 0 Å². The molecule has 0 radical (unpaired) electrons. The molecule has 0 aromatic heterocycles. The molecule has 1 heterocycles. The van der Waals surface area contributed by atoms with Crippen LogP contribution in [0.1, 0.15) is 47.2 Å². The molecule has 2 aliphatic rings. The molecular weight excluding hydrogens is 569 g/mol. The van der Waals surface area contributed by atoms with Gasteiger partial charge in [0.15, 0.2) is 0 Å². The Bertz CT molecular complexity index is 2260. The highest BCUT2D eigenvalue weighted by Gasteiger charge is 2.46. The molecule has 0 amide bonds. The summed E-state index contributed by atoms with van der Waals surface area (Å²) >= 11 is 0. The number of benzene rings is 7. The smallest absolute Gasteiger partial charge is 0.131 e. The molecule has 47 heavy (non-hydrogen) atoms. The van der Waals surface area contributed by atoms with Crippen molar-refractivity contribution in [2.75, 3.05) is 0 Å². The highest BCUT2D eigenvalue weighted by atomic mass is 16.5. The molecular formula is C46H34O. The van der Waals surface area contributed by atoms with Gasteiger partial charge in [0, 0.05) is 16.5 Å². The molecule has 0 N–H and O–H groups in total. The van der Waals surface area contributed by atoms with Crippen LogP contribution in [0.4, 0.5) is 0 Å². The van der Waals surface area contributed by atoms with E-state index in [0.29, 0.717) is 0 Å². The van der Waals surface area contributed by atoms with Gasteiger partial charge in [0.25, 0.3) is 0 Å². The fraction of sp³-hybridized carbons (Fsp3) is 0.0870. The molecule has 0 unspecified atom stereocenters. The Labute approximate surface area is 276 Å². The predicted octanol–water partition coefficient (Wildman–Crippen LogP) is 11.8. The molecule has 1 aliphatic carbocycles. The van der Waals surface area contributed by atoms with Crippen LogP contribution in [-0.2, 0) is 10.8 Å². The molecule has 7 aromatic rings. The zero-order chi connectivity index (χ0) is 31.6. The van der Waals surface area contributed by atoms with Gasteiger partial charge in [0.05, 0.1) is 5.41 Å². The van der Waals surface area contributed by atoms with E-state index < -0.39 is 5.41 Å². The zero-order valence-corrected chi connectivity index (χ0v) is 26.6. The van der Waals surface area contributed by atoms with Gasteiger partial charge in [-0.1, -0.05) is 166 Å². The third-order valence-corrected chi connectivity index (χ3v) is 10.4. The summed E-state index contributed by atoms with van der Waals surface area (Å²) in [5, 5.41) is 0. The molecule has 0 spiro atoms. The molecule has 1 nitrogen and oxygen atoms in total. The van der Waals surface area contributed by atoms with E-state index in [4.69, 9.17) is 4.74 Å². The summed E-state index contributed by atoms with van der Waals surface area (Å²) in [5.74, 6) is 1.87. The topological polar surface area (TPSA) is 9.23 Å². The minimum atomic E-state index is -0.431. The first-order valence-corrected chi connectivity index (χ1v) is 16.4. The van der Waals surface area contributed by atoms with Gasteiger partial charge in [0.2, 0.25) is 0 Å². The van der Waals surface area contributed by atoms with Crippen molar-refractivity contribution in [1.29, 1.82) is 0 Å². The summed E-state index contributed by atoms with van der Waals surface area (Å²) in [6, 6.07) is 62.0. The van der Waals surface area contributed by atoms with Crippen LogP contribution in [0.15, 0.2) is 170 Å². The second-order valence-corrected chi connectivity index (χ2v) is 13.2. The highest BCUT2D eigenvalue weighted by molar-refractivity contribution is 5.99. The molecule has 9 rings (SSSR count). The van der Waals surface area contributed by atoms with Gasteiger partial charge in [0.1, 0.15) is 11.5 Å². The van der Waals surface area contributed by atoms with Crippen LogP contribution in [0.25, 0.3) is 33.4 Å². The molecule has 0 bridgehead atoms. The maximum absolute atomic E-state index is 6.43. The summed E-state index contributed by atoms with van der Waals surface area (Å²) in [6.07, 6.45) is 0. The van der Waals surface area contributed by atoms with Crippen molar-refractivity contribution in [2.24, 2.45) is 0 Å². The first kappa shape index (κ1) is 27.6. The van der Waals surface area contributed by atoms with E-state index in [2.05, 4.69) is 178 Å². The third-order valence-electron chi connectivity index (χ3n) is 10.4. The van der Waals surface area contributed by atoms with Gasteiger partial charge < -0.3 is 4.74 Å². The van der Waals surface area contributed by atoms with Gasteiger partial charge in [-0.3, -0.25) is 0 Å². The average molecular weight is 603 g/mol. The molecule has 1 aliphatic heterocycles. The lowest BCUT2D eigenvalue weighted by Crippen LogP contribution is -2.28. The lowest BCUT2D eigenvalue weighted by molar-refractivity contribution is 0.418. The van der Waals surface area contributed by atoms with E-state index in [9.17, 15) is 0 Å². The Hall–Kier alpha value is -5.66. The Morgan fingerprint density at radius 3 is 1.64 bits per heavy atom. The van der Waals surface area contributed by atoms with Crippen LogP contribution in [0.5, 0.6) is 11.5 Å². The summed E-state index contributed by atoms with van der Waals surface area (Å²) in [5.41, 5.74) is 14.5. The van der Waals surface area contributed by atoms with Crippen LogP contribution >= 0.6 is 0 Å².